The van der Waals surface area contributed by atoms with Gasteiger partial charge in [-0.2, -0.15) is 0 Å². The van der Waals surface area contributed by atoms with E-state index in [0.29, 0.717) is 43.4 Å². The molecule has 2 aromatic rings. The number of benzene rings is 2. The smallest absolute Gasteiger partial charge is 0.261 e. The van der Waals surface area contributed by atoms with Gasteiger partial charge in [0, 0.05) is 6.54 Å². The first kappa shape index (κ1) is 23.6. The molecule has 2 aromatic carbocycles. The predicted octanol–water partition coefficient (Wildman–Crippen LogP) is 5.26. The summed E-state index contributed by atoms with van der Waals surface area (Å²) in [7, 11) is 0. The van der Waals surface area contributed by atoms with Gasteiger partial charge < -0.3 is 19.5 Å². The molecule has 0 bridgehead atoms. The number of rotatable bonds is 10. The van der Waals surface area contributed by atoms with Gasteiger partial charge in [0.2, 0.25) is 0 Å². The topological polar surface area (TPSA) is 56.8 Å². The van der Waals surface area contributed by atoms with Crippen LogP contribution in [0.25, 0.3) is 0 Å². The second-order valence-electron chi connectivity index (χ2n) is 8.15. The van der Waals surface area contributed by atoms with E-state index >= 15 is 0 Å². The zero-order chi connectivity index (χ0) is 22.1. The molecule has 1 amide bonds. The maximum absolute atomic E-state index is 12.7. The van der Waals surface area contributed by atoms with Gasteiger partial charge in [0.25, 0.3) is 5.91 Å². The van der Waals surface area contributed by atoms with Crippen LogP contribution >= 0.6 is 0 Å². The number of carbonyl (C=O) groups is 1. The zero-order valence-electron chi connectivity index (χ0n) is 19.1. The van der Waals surface area contributed by atoms with Gasteiger partial charge in [-0.15, -0.1) is 0 Å². The van der Waals surface area contributed by atoms with Crippen LogP contribution in [0.5, 0.6) is 17.2 Å². The van der Waals surface area contributed by atoms with Gasteiger partial charge in [0.15, 0.2) is 17.6 Å². The molecule has 0 aliphatic heterocycles. The molecule has 5 nitrogen and oxygen atoms in total. The molecular formula is C25H35NO4. The van der Waals surface area contributed by atoms with E-state index in [2.05, 4.69) is 38.2 Å². The lowest BCUT2D eigenvalue weighted by molar-refractivity contribution is -0.128. The van der Waals surface area contributed by atoms with Crippen LogP contribution < -0.4 is 19.5 Å². The minimum atomic E-state index is -0.542. The fourth-order valence-electron chi connectivity index (χ4n) is 3.03. The van der Waals surface area contributed by atoms with Crippen molar-refractivity contribution in [2.45, 2.75) is 66.0 Å². The number of hydrogen-bond acceptors (Lipinski definition) is 4. The molecule has 0 heterocycles. The molecule has 0 aliphatic carbocycles. The second kappa shape index (κ2) is 10.9. The standard InChI is InChI=1S/C25H35NO4/c1-7-21(30-20-13-11-19(12-14-20)25(4,5)6)24(27)26-17-18-10-15-22(28-8-2)23(16-18)29-9-3/h10-16,21H,7-9,17H2,1-6H3,(H,26,27)/t21-/m1/s1. The molecule has 30 heavy (non-hydrogen) atoms. The Labute approximate surface area is 180 Å². The number of amides is 1. The third kappa shape index (κ3) is 6.68. The minimum Gasteiger partial charge on any atom is -0.490 e. The molecular weight excluding hydrogens is 378 g/mol. The molecule has 1 atom stereocenters. The Morgan fingerprint density at radius 2 is 1.57 bits per heavy atom. The molecule has 0 saturated carbocycles. The molecule has 1 N–H and O–H groups in total. The Hall–Kier alpha value is -2.69. The number of hydrogen-bond donors (Lipinski definition) is 1. The van der Waals surface area contributed by atoms with Crippen LogP contribution in [-0.4, -0.2) is 25.2 Å². The molecule has 0 fully saturated rings. The SMILES string of the molecule is CCOc1ccc(CNC(=O)[C@@H](CC)Oc2ccc(C(C)(C)C)cc2)cc1OCC. The maximum atomic E-state index is 12.7. The summed E-state index contributed by atoms with van der Waals surface area (Å²) in [6, 6.07) is 13.7. The number of nitrogens with one attached hydrogen (secondary N) is 1. The molecule has 164 valence electrons. The van der Waals surface area contributed by atoms with Gasteiger partial charge in [0.05, 0.1) is 13.2 Å². The summed E-state index contributed by atoms with van der Waals surface area (Å²) in [5.74, 6) is 1.96. The van der Waals surface area contributed by atoms with Crippen LogP contribution in [0.1, 0.15) is 59.1 Å². The summed E-state index contributed by atoms with van der Waals surface area (Å²) < 4.78 is 17.2. The van der Waals surface area contributed by atoms with Crippen molar-refractivity contribution in [1.82, 2.24) is 5.32 Å². The monoisotopic (exact) mass is 413 g/mol. The Bertz CT molecular complexity index is 809. The lowest BCUT2D eigenvalue weighted by Gasteiger charge is -2.21. The minimum absolute atomic E-state index is 0.0815. The van der Waals surface area contributed by atoms with Crippen molar-refractivity contribution in [1.29, 1.82) is 0 Å². The van der Waals surface area contributed by atoms with Crippen LogP contribution in [0.3, 0.4) is 0 Å². The highest BCUT2D eigenvalue weighted by molar-refractivity contribution is 5.81. The first-order valence-electron chi connectivity index (χ1n) is 10.7. The van der Waals surface area contributed by atoms with E-state index in [1.807, 2.05) is 51.1 Å². The van der Waals surface area contributed by atoms with Crippen molar-refractivity contribution in [2.24, 2.45) is 0 Å². The summed E-state index contributed by atoms with van der Waals surface area (Å²) in [5.41, 5.74) is 2.26. The van der Waals surface area contributed by atoms with Crippen molar-refractivity contribution in [3.63, 3.8) is 0 Å². The largest absolute Gasteiger partial charge is 0.490 e. The Balaban J connectivity index is 1.99. The summed E-state index contributed by atoms with van der Waals surface area (Å²) in [6.45, 7) is 13.8. The van der Waals surface area contributed by atoms with E-state index in [0.717, 1.165) is 5.56 Å². The Morgan fingerprint density at radius 1 is 0.933 bits per heavy atom. The third-order valence-corrected chi connectivity index (χ3v) is 4.74. The summed E-state index contributed by atoms with van der Waals surface area (Å²) >= 11 is 0. The first-order chi connectivity index (χ1) is 14.3. The van der Waals surface area contributed by atoms with Gasteiger partial charge in [0.1, 0.15) is 5.75 Å². The van der Waals surface area contributed by atoms with Gasteiger partial charge in [-0.05, 0) is 61.1 Å². The highest BCUT2D eigenvalue weighted by Crippen LogP contribution is 2.28. The lowest BCUT2D eigenvalue weighted by atomic mass is 9.87. The normalized spacial score (nSPS) is 12.2. The first-order valence-corrected chi connectivity index (χ1v) is 10.7. The summed E-state index contributed by atoms with van der Waals surface area (Å²) in [5, 5.41) is 2.97. The average molecular weight is 414 g/mol. The van der Waals surface area contributed by atoms with E-state index in [9.17, 15) is 4.79 Å². The molecule has 2 rings (SSSR count). The summed E-state index contributed by atoms with van der Waals surface area (Å²) in [4.78, 5) is 12.7. The van der Waals surface area contributed by atoms with Crippen LogP contribution in [0.2, 0.25) is 0 Å². The predicted molar refractivity (Wildman–Crippen MR) is 120 cm³/mol. The van der Waals surface area contributed by atoms with E-state index in [-0.39, 0.29) is 11.3 Å². The molecule has 0 unspecified atom stereocenters. The molecule has 5 heteroatoms. The quantitative estimate of drug-likeness (QED) is 0.578. The van der Waals surface area contributed by atoms with Crippen molar-refractivity contribution in [3.05, 3.63) is 53.6 Å². The number of ether oxygens (including phenoxy) is 3. The molecule has 0 radical (unpaired) electrons. The Kier molecular flexibility index (Phi) is 8.58. The van der Waals surface area contributed by atoms with Crippen LogP contribution in [0.15, 0.2) is 42.5 Å². The van der Waals surface area contributed by atoms with E-state index in [1.165, 1.54) is 5.56 Å². The molecule has 0 aliphatic rings. The lowest BCUT2D eigenvalue weighted by Crippen LogP contribution is -2.37. The van der Waals surface area contributed by atoms with Gasteiger partial charge in [-0.1, -0.05) is 45.9 Å². The zero-order valence-corrected chi connectivity index (χ0v) is 19.1. The van der Waals surface area contributed by atoms with Gasteiger partial charge >= 0.3 is 0 Å². The third-order valence-electron chi connectivity index (χ3n) is 4.74. The van der Waals surface area contributed by atoms with E-state index in [1.54, 1.807) is 0 Å². The van der Waals surface area contributed by atoms with Crippen molar-refractivity contribution < 1.29 is 19.0 Å². The van der Waals surface area contributed by atoms with Crippen molar-refractivity contribution >= 4 is 5.91 Å². The van der Waals surface area contributed by atoms with E-state index in [4.69, 9.17) is 14.2 Å². The fraction of sp³-hybridized carbons (Fsp3) is 0.480. The Morgan fingerprint density at radius 3 is 2.13 bits per heavy atom. The molecule has 0 saturated heterocycles. The molecule has 0 spiro atoms. The van der Waals surface area contributed by atoms with Crippen molar-refractivity contribution in [2.75, 3.05) is 13.2 Å². The fourth-order valence-corrected chi connectivity index (χ4v) is 3.03. The van der Waals surface area contributed by atoms with Gasteiger partial charge in [-0.25, -0.2) is 0 Å². The van der Waals surface area contributed by atoms with Crippen LogP contribution in [0, 0.1) is 0 Å². The molecule has 0 aromatic heterocycles. The highest BCUT2D eigenvalue weighted by Gasteiger charge is 2.19. The van der Waals surface area contributed by atoms with E-state index < -0.39 is 6.10 Å². The highest BCUT2D eigenvalue weighted by atomic mass is 16.5. The average Bonchev–Trinajstić information content (AvgIpc) is 2.72. The summed E-state index contributed by atoms with van der Waals surface area (Å²) in [6.07, 6.45) is 0.0416. The maximum Gasteiger partial charge on any atom is 0.261 e. The van der Waals surface area contributed by atoms with Gasteiger partial charge in [-0.3, -0.25) is 4.79 Å². The number of carbonyl (C=O) groups excluding carboxylic acids is 1. The second-order valence-corrected chi connectivity index (χ2v) is 8.15. The van der Waals surface area contributed by atoms with Crippen LogP contribution in [-0.2, 0) is 16.8 Å². The van der Waals surface area contributed by atoms with Crippen molar-refractivity contribution in [3.8, 4) is 17.2 Å². The van der Waals surface area contributed by atoms with Crippen LogP contribution in [0.4, 0.5) is 0 Å².